The average Bonchev–Trinajstić information content (AvgIpc) is 1.82. The molecular weight excluding hydrogens is 116 g/mol. The standard InChI is InChI=1S/C7H16O2/c1-3-4-5-6(2)7(8)9/h6-9H,3-5H2,1-2H3. The van der Waals surface area contributed by atoms with Crippen LogP contribution in [-0.4, -0.2) is 16.5 Å². The number of unbranched alkanes of at least 4 members (excludes halogenated alkanes) is 1. The third-order valence-electron chi connectivity index (χ3n) is 1.52. The van der Waals surface area contributed by atoms with Gasteiger partial charge in [-0.2, -0.15) is 0 Å². The van der Waals surface area contributed by atoms with Gasteiger partial charge in [-0.1, -0.05) is 26.7 Å². The third kappa shape index (κ3) is 4.43. The fourth-order valence-corrected chi connectivity index (χ4v) is 0.675. The first-order valence-electron chi connectivity index (χ1n) is 3.54. The van der Waals surface area contributed by atoms with Crippen molar-refractivity contribution in [3.8, 4) is 0 Å². The second-order valence-corrected chi connectivity index (χ2v) is 2.53. The van der Waals surface area contributed by atoms with Crippen LogP contribution in [0.5, 0.6) is 0 Å². The van der Waals surface area contributed by atoms with Gasteiger partial charge in [-0.3, -0.25) is 0 Å². The Hall–Kier alpha value is -0.0800. The SMILES string of the molecule is CCCCC(C)C(O)O. The fraction of sp³-hybridized carbons (Fsp3) is 1.00. The summed E-state index contributed by atoms with van der Waals surface area (Å²) in [6, 6.07) is 0. The summed E-state index contributed by atoms with van der Waals surface area (Å²) >= 11 is 0. The van der Waals surface area contributed by atoms with Crippen LogP contribution in [0.4, 0.5) is 0 Å². The number of rotatable bonds is 4. The van der Waals surface area contributed by atoms with Gasteiger partial charge in [0.2, 0.25) is 0 Å². The monoisotopic (exact) mass is 132 g/mol. The Morgan fingerprint density at radius 1 is 1.33 bits per heavy atom. The van der Waals surface area contributed by atoms with E-state index in [0.29, 0.717) is 0 Å². The molecule has 0 aromatic heterocycles. The molecule has 56 valence electrons. The predicted molar refractivity (Wildman–Crippen MR) is 36.9 cm³/mol. The van der Waals surface area contributed by atoms with Gasteiger partial charge >= 0.3 is 0 Å². The zero-order valence-corrected chi connectivity index (χ0v) is 6.17. The molecule has 1 atom stereocenters. The van der Waals surface area contributed by atoms with E-state index in [1.165, 1.54) is 0 Å². The van der Waals surface area contributed by atoms with Gasteiger partial charge in [-0.25, -0.2) is 0 Å². The van der Waals surface area contributed by atoms with Crippen molar-refractivity contribution in [1.29, 1.82) is 0 Å². The topological polar surface area (TPSA) is 40.5 Å². The first kappa shape index (κ1) is 8.92. The Labute approximate surface area is 56.5 Å². The molecule has 0 amide bonds. The van der Waals surface area contributed by atoms with Crippen LogP contribution in [0.3, 0.4) is 0 Å². The number of aliphatic hydroxyl groups excluding tert-OH is 1. The minimum Gasteiger partial charge on any atom is -0.368 e. The molecule has 0 rings (SSSR count). The predicted octanol–water partition coefficient (Wildman–Crippen LogP) is 1.12. The number of aliphatic hydroxyl groups is 2. The molecule has 0 saturated heterocycles. The summed E-state index contributed by atoms with van der Waals surface area (Å²) in [4.78, 5) is 0. The summed E-state index contributed by atoms with van der Waals surface area (Å²) in [6.45, 7) is 3.94. The van der Waals surface area contributed by atoms with Crippen LogP contribution in [0, 0.1) is 5.92 Å². The summed E-state index contributed by atoms with van der Waals surface area (Å²) < 4.78 is 0. The van der Waals surface area contributed by atoms with Crippen molar-refractivity contribution >= 4 is 0 Å². The van der Waals surface area contributed by atoms with Gasteiger partial charge in [0.25, 0.3) is 0 Å². The molecule has 0 radical (unpaired) electrons. The molecule has 0 aliphatic carbocycles. The van der Waals surface area contributed by atoms with Crippen molar-refractivity contribution in [3.05, 3.63) is 0 Å². The highest BCUT2D eigenvalue weighted by Crippen LogP contribution is 2.09. The van der Waals surface area contributed by atoms with Crippen molar-refractivity contribution < 1.29 is 10.2 Å². The zero-order chi connectivity index (χ0) is 7.28. The van der Waals surface area contributed by atoms with Crippen LogP contribution >= 0.6 is 0 Å². The number of hydrogen-bond donors (Lipinski definition) is 2. The van der Waals surface area contributed by atoms with E-state index in [4.69, 9.17) is 10.2 Å². The smallest absolute Gasteiger partial charge is 0.154 e. The minimum absolute atomic E-state index is 0.0324. The van der Waals surface area contributed by atoms with E-state index in [1.807, 2.05) is 6.92 Å². The van der Waals surface area contributed by atoms with Gasteiger partial charge in [0.15, 0.2) is 6.29 Å². The molecule has 1 unspecified atom stereocenters. The van der Waals surface area contributed by atoms with Crippen LogP contribution in [0.25, 0.3) is 0 Å². The van der Waals surface area contributed by atoms with E-state index in [2.05, 4.69) is 6.92 Å². The maximum atomic E-state index is 8.60. The highest BCUT2D eigenvalue weighted by molar-refractivity contribution is 4.52. The lowest BCUT2D eigenvalue weighted by atomic mass is 10.0. The van der Waals surface area contributed by atoms with Crippen LogP contribution in [0.15, 0.2) is 0 Å². The molecule has 2 heteroatoms. The fourth-order valence-electron chi connectivity index (χ4n) is 0.675. The molecule has 0 fully saturated rings. The van der Waals surface area contributed by atoms with E-state index in [1.54, 1.807) is 0 Å². The molecular formula is C7H16O2. The van der Waals surface area contributed by atoms with Gasteiger partial charge in [0, 0.05) is 5.92 Å². The van der Waals surface area contributed by atoms with Gasteiger partial charge in [0.1, 0.15) is 0 Å². The van der Waals surface area contributed by atoms with E-state index in [0.717, 1.165) is 19.3 Å². The largest absolute Gasteiger partial charge is 0.368 e. The summed E-state index contributed by atoms with van der Waals surface area (Å²) in [5, 5.41) is 17.2. The van der Waals surface area contributed by atoms with Crippen molar-refractivity contribution in [3.63, 3.8) is 0 Å². The molecule has 0 aliphatic heterocycles. The minimum atomic E-state index is -1.13. The van der Waals surface area contributed by atoms with E-state index < -0.39 is 6.29 Å². The maximum absolute atomic E-state index is 8.60. The first-order chi connectivity index (χ1) is 4.18. The Morgan fingerprint density at radius 3 is 2.22 bits per heavy atom. The van der Waals surface area contributed by atoms with Gasteiger partial charge in [0.05, 0.1) is 0 Å². The normalized spacial score (nSPS) is 14.3. The maximum Gasteiger partial charge on any atom is 0.154 e. The lowest BCUT2D eigenvalue weighted by Crippen LogP contribution is -2.15. The Kier molecular flexibility index (Phi) is 4.72. The lowest BCUT2D eigenvalue weighted by molar-refractivity contribution is -0.0807. The summed E-state index contributed by atoms with van der Waals surface area (Å²) in [5.41, 5.74) is 0. The van der Waals surface area contributed by atoms with Crippen molar-refractivity contribution in [2.24, 2.45) is 5.92 Å². The van der Waals surface area contributed by atoms with Crippen LogP contribution in [0.2, 0.25) is 0 Å². The highest BCUT2D eigenvalue weighted by atomic mass is 16.5. The van der Waals surface area contributed by atoms with Crippen molar-refractivity contribution in [2.75, 3.05) is 0 Å². The average molecular weight is 132 g/mol. The molecule has 0 aliphatic rings. The van der Waals surface area contributed by atoms with E-state index >= 15 is 0 Å². The molecule has 0 bridgehead atoms. The van der Waals surface area contributed by atoms with Gasteiger partial charge in [-0.15, -0.1) is 0 Å². The quantitative estimate of drug-likeness (QED) is 0.563. The third-order valence-corrected chi connectivity index (χ3v) is 1.52. The molecule has 0 aromatic rings. The molecule has 0 aromatic carbocycles. The van der Waals surface area contributed by atoms with Gasteiger partial charge < -0.3 is 10.2 Å². The molecule has 2 N–H and O–H groups in total. The molecule has 0 saturated carbocycles. The Bertz CT molecular complexity index is 61.9. The highest BCUT2D eigenvalue weighted by Gasteiger charge is 2.08. The van der Waals surface area contributed by atoms with E-state index in [-0.39, 0.29) is 5.92 Å². The summed E-state index contributed by atoms with van der Waals surface area (Å²) in [6.07, 6.45) is 1.99. The van der Waals surface area contributed by atoms with Crippen LogP contribution in [0.1, 0.15) is 33.1 Å². The summed E-state index contributed by atoms with van der Waals surface area (Å²) in [5.74, 6) is 0.0324. The molecule has 0 spiro atoms. The molecule has 0 heterocycles. The first-order valence-corrected chi connectivity index (χ1v) is 3.54. The number of hydrogen-bond acceptors (Lipinski definition) is 2. The lowest BCUT2D eigenvalue weighted by Gasteiger charge is -2.11. The second kappa shape index (κ2) is 4.77. The van der Waals surface area contributed by atoms with Crippen molar-refractivity contribution in [1.82, 2.24) is 0 Å². The zero-order valence-electron chi connectivity index (χ0n) is 6.17. The summed E-state index contributed by atoms with van der Waals surface area (Å²) in [7, 11) is 0. The Morgan fingerprint density at radius 2 is 1.89 bits per heavy atom. The van der Waals surface area contributed by atoms with Crippen molar-refractivity contribution in [2.45, 2.75) is 39.4 Å². The molecule has 9 heavy (non-hydrogen) atoms. The van der Waals surface area contributed by atoms with Gasteiger partial charge in [-0.05, 0) is 6.42 Å². The van der Waals surface area contributed by atoms with Crippen LogP contribution in [-0.2, 0) is 0 Å². The van der Waals surface area contributed by atoms with Crippen LogP contribution < -0.4 is 0 Å². The Balaban J connectivity index is 3.16. The molecule has 2 nitrogen and oxygen atoms in total. The second-order valence-electron chi connectivity index (χ2n) is 2.53. The van der Waals surface area contributed by atoms with E-state index in [9.17, 15) is 0 Å².